The van der Waals surface area contributed by atoms with Crippen molar-refractivity contribution in [2.24, 2.45) is 0 Å². The molecule has 3 N–H and O–H groups in total. The van der Waals surface area contributed by atoms with Gasteiger partial charge in [-0.05, 0) is 31.0 Å². The number of nitrogen functional groups attached to an aromatic ring is 1. The van der Waals surface area contributed by atoms with E-state index >= 15 is 0 Å². The van der Waals surface area contributed by atoms with Crippen molar-refractivity contribution in [3.63, 3.8) is 0 Å². The normalized spacial score (nSPS) is 18.7. The topological polar surface area (TPSA) is 58.7 Å². The molecule has 1 aliphatic rings. The third kappa shape index (κ3) is 2.64. The van der Waals surface area contributed by atoms with Crippen molar-refractivity contribution >= 4 is 11.4 Å². The SMILES string of the molecule is CCC1CN(CCCO)c2cc(N)ccc2O1. The highest BCUT2D eigenvalue weighted by molar-refractivity contribution is 5.66. The van der Waals surface area contributed by atoms with Gasteiger partial charge in [-0.25, -0.2) is 0 Å². The molecule has 0 saturated heterocycles. The van der Waals surface area contributed by atoms with Crippen LogP contribution in [0, 0.1) is 0 Å². The molecular weight excluding hydrogens is 216 g/mol. The minimum absolute atomic E-state index is 0.214. The van der Waals surface area contributed by atoms with Crippen molar-refractivity contribution in [1.82, 2.24) is 0 Å². The Hall–Kier alpha value is -1.42. The van der Waals surface area contributed by atoms with Gasteiger partial charge in [-0.2, -0.15) is 0 Å². The number of aliphatic hydroxyl groups is 1. The van der Waals surface area contributed by atoms with Crippen LogP contribution in [0.25, 0.3) is 0 Å². The summed E-state index contributed by atoms with van der Waals surface area (Å²) in [7, 11) is 0. The third-order valence-electron chi connectivity index (χ3n) is 3.08. The first-order valence-electron chi connectivity index (χ1n) is 6.16. The molecule has 0 aromatic heterocycles. The van der Waals surface area contributed by atoms with Crippen molar-refractivity contribution in [1.29, 1.82) is 0 Å². The van der Waals surface area contributed by atoms with Gasteiger partial charge in [0.15, 0.2) is 0 Å². The summed E-state index contributed by atoms with van der Waals surface area (Å²) in [5, 5.41) is 8.94. The average molecular weight is 236 g/mol. The molecule has 4 heteroatoms. The molecule has 0 spiro atoms. The number of hydrogen-bond donors (Lipinski definition) is 2. The van der Waals surface area contributed by atoms with Crippen LogP contribution in [0.3, 0.4) is 0 Å². The predicted octanol–water partition coefficient (Wildman–Crippen LogP) is 1.63. The molecule has 4 nitrogen and oxygen atoms in total. The zero-order valence-corrected chi connectivity index (χ0v) is 10.2. The van der Waals surface area contributed by atoms with Gasteiger partial charge in [0.2, 0.25) is 0 Å². The summed E-state index contributed by atoms with van der Waals surface area (Å²) >= 11 is 0. The average Bonchev–Trinajstić information content (AvgIpc) is 2.35. The Morgan fingerprint density at radius 3 is 3.06 bits per heavy atom. The molecule has 0 aliphatic carbocycles. The summed E-state index contributed by atoms with van der Waals surface area (Å²) < 4.78 is 5.89. The lowest BCUT2D eigenvalue weighted by atomic mass is 10.1. The van der Waals surface area contributed by atoms with Gasteiger partial charge in [-0.15, -0.1) is 0 Å². The van der Waals surface area contributed by atoms with Crippen LogP contribution < -0.4 is 15.4 Å². The van der Waals surface area contributed by atoms with Crippen LogP contribution in [-0.4, -0.2) is 30.9 Å². The minimum atomic E-state index is 0.214. The first-order chi connectivity index (χ1) is 8.24. The highest BCUT2D eigenvalue weighted by Crippen LogP contribution is 2.35. The summed E-state index contributed by atoms with van der Waals surface area (Å²) in [5.41, 5.74) is 7.60. The van der Waals surface area contributed by atoms with Gasteiger partial charge in [-0.3, -0.25) is 0 Å². The highest BCUT2D eigenvalue weighted by atomic mass is 16.5. The molecular formula is C13H20N2O2. The Morgan fingerprint density at radius 2 is 2.35 bits per heavy atom. The Bertz CT molecular complexity index is 382. The van der Waals surface area contributed by atoms with Crippen LogP contribution in [-0.2, 0) is 0 Å². The molecule has 94 valence electrons. The van der Waals surface area contributed by atoms with Crippen molar-refractivity contribution < 1.29 is 9.84 Å². The summed E-state index contributed by atoms with van der Waals surface area (Å²) in [6, 6.07) is 5.73. The Morgan fingerprint density at radius 1 is 1.53 bits per heavy atom. The second kappa shape index (κ2) is 5.27. The second-order valence-electron chi connectivity index (χ2n) is 4.40. The molecule has 2 rings (SSSR count). The van der Waals surface area contributed by atoms with Crippen LogP contribution in [0.5, 0.6) is 5.75 Å². The lowest BCUT2D eigenvalue weighted by molar-refractivity contribution is 0.187. The molecule has 1 aromatic rings. The monoisotopic (exact) mass is 236 g/mol. The van der Waals surface area contributed by atoms with Crippen LogP contribution in [0.1, 0.15) is 19.8 Å². The smallest absolute Gasteiger partial charge is 0.143 e. The molecule has 0 saturated carbocycles. The second-order valence-corrected chi connectivity index (χ2v) is 4.40. The quantitative estimate of drug-likeness (QED) is 0.780. The largest absolute Gasteiger partial charge is 0.486 e. The number of hydrogen-bond acceptors (Lipinski definition) is 4. The molecule has 0 bridgehead atoms. The van der Waals surface area contributed by atoms with Gasteiger partial charge in [-0.1, -0.05) is 6.92 Å². The molecule has 1 aromatic carbocycles. The van der Waals surface area contributed by atoms with E-state index in [0.717, 1.165) is 43.1 Å². The van der Waals surface area contributed by atoms with E-state index in [2.05, 4.69) is 11.8 Å². The lowest BCUT2D eigenvalue weighted by Crippen LogP contribution is -2.40. The lowest BCUT2D eigenvalue weighted by Gasteiger charge is -2.36. The zero-order chi connectivity index (χ0) is 12.3. The number of nitrogens with zero attached hydrogens (tertiary/aromatic N) is 1. The molecule has 0 fully saturated rings. The number of benzene rings is 1. The molecule has 0 amide bonds. The molecule has 1 heterocycles. The highest BCUT2D eigenvalue weighted by Gasteiger charge is 2.24. The van der Waals surface area contributed by atoms with Gasteiger partial charge in [0.25, 0.3) is 0 Å². The Kier molecular flexibility index (Phi) is 3.74. The zero-order valence-electron chi connectivity index (χ0n) is 10.2. The van der Waals surface area contributed by atoms with E-state index in [1.54, 1.807) is 0 Å². The van der Waals surface area contributed by atoms with Gasteiger partial charge >= 0.3 is 0 Å². The molecule has 1 aliphatic heterocycles. The summed E-state index contributed by atoms with van der Waals surface area (Å²) in [5.74, 6) is 0.898. The van der Waals surface area contributed by atoms with Gasteiger partial charge in [0.05, 0.1) is 12.2 Å². The Labute approximate surface area is 102 Å². The summed E-state index contributed by atoms with van der Waals surface area (Å²) in [6.45, 7) is 4.04. The van der Waals surface area contributed by atoms with Crippen LogP contribution in [0.15, 0.2) is 18.2 Å². The van der Waals surface area contributed by atoms with Gasteiger partial charge in [0, 0.05) is 18.8 Å². The number of nitrogens with two attached hydrogens (primary N) is 1. The fourth-order valence-electron chi connectivity index (χ4n) is 2.13. The van der Waals surface area contributed by atoms with E-state index in [4.69, 9.17) is 15.6 Å². The first-order valence-corrected chi connectivity index (χ1v) is 6.16. The summed E-state index contributed by atoms with van der Waals surface area (Å²) in [6.07, 6.45) is 1.98. The number of anilines is 2. The van der Waals surface area contributed by atoms with E-state index in [1.807, 2.05) is 18.2 Å². The van der Waals surface area contributed by atoms with Crippen molar-refractivity contribution in [2.45, 2.75) is 25.9 Å². The molecule has 0 radical (unpaired) electrons. The van der Waals surface area contributed by atoms with Crippen LogP contribution in [0.2, 0.25) is 0 Å². The number of aliphatic hydroxyl groups excluding tert-OH is 1. The van der Waals surface area contributed by atoms with Gasteiger partial charge in [0.1, 0.15) is 11.9 Å². The van der Waals surface area contributed by atoms with Crippen LogP contribution in [0.4, 0.5) is 11.4 Å². The van der Waals surface area contributed by atoms with E-state index in [1.165, 1.54) is 0 Å². The first kappa shape index (κ1) is 12.0. The van der Waals surface area contributed by atoms with E-state index in [9.17, 15) is 0 Å². The Balaban J connectivity index is 2.24. The molecule has 1 atom stereocenters. The van der Waals surface area contributed by atoms with E-state index in [-0.39, 0.29) is 12.7 Å². The number of rotatable bonds is 4. The fourth-order valence-corrected chi connectivity index (χ4v) is 2.13. The minimum Gasteiger partial charge on any atom is -0.486 e. The molecule has 17 heavy (non-hydrogen) atoms. The van der Waals surface area contributed by atoms with Crippen molar-refractivity contribution in [3.05, 3.63) is 18.2 Å². The standard InChI is InChI=1S/C13H20N2O2/c1-2-11-9-15(6-3-7-16)12-8-10(14)4-5-13(12)17-11/h4-5,8,11,16H,2-3,6-7,9,14H2,1H3. The van der Waals surface area contributed by atoms with Crippen molar-refractivity contribution in [3.8, 4) is 5.75 Å². The van der Waals surface area contributed by atoms with Gasteiger partial charge < -0.3 is 20.5 Å². The summed E-state index contributed by atoms with van der Waals surface area (Å²) in [4.78, 5) is 2.25. The maximum Gasteiger partial charge on any atom is 0.143 e. The maximum absolute atomic E-state index is 8.94. The van der Waals surface area contributed by atoms with Crippen LogP contribution >= 0.6 is 0 Å². The fraction of sp³-hybridized carbons (Fsp3) is 0.538. The number of ether oxygens (including phenoxy) is 1. The maximum atomic E-state index is 8.94. The molecule has 1 unspecified atom stereocenters. The predicted molar refractivity (Wildman–Crippen MR) is 69.5 cm³/mol. The van der Waals surface area contributed by atoms with E-state index in [0.29, 0.717) is 0 Å². The third-order valence-corrected chi connectivity index (χ3v) is 3.08. The van der Waals surface area contributed by atoms with Crippen molar-refractivity contribution in [2.75, 3.05) is 30.3 Å². The number of fused-ring (bicyclic) bond motifs is 1. The van der Waals surface area contributed by atoms with E-state index < -0.39 is 0 Å².